The molecule has 1 unspecified atom stereocenters. The minimum atomic E-state index is -0.0485. The molecule has 2 fully saturated rings. The lowest BCUT2D eigenvalue weighted by Gasteiger charge is -2.30. The smallest absolute Gasteiger partial charge is 0.138 e. The van der Waals surface area contributed by atoms with Crippen LogP contribution in [-0.4, -0.2) is 61.5 Å². The average molecular weight is 370 g/mol. The zero-order valence-corrected chi connectivity index (χ0v) is 16.2. The summed E-state index contributed by atoms with van der Waals surface area (Å²) in [6.07, 6.45) is 3.52. The van der Waals surface area contributed by atoms with Crippen molar-refractivity contribution >= 4 is 22.9 Å². The molecule has 4 rings (SSSR count). The molecule has 27 heavy (non-hydrogen) atoms. The highest BCUT2D eigenvalue weighted by atomic mass is 16.1. The molecule has 0 bridgehead atoms. The number of aldehydes is 1. The van der Waals surface area contributed by atoms with Crippen molar-refractivity contribution in [1.29, 1.82) is 0 Å². The molecule has 0 aliphatic carbocycles. The summed E-state index contributed by atoms with van der Waals surface area (Å²) in [5.41, 5.74) is 4.91. The zero-order valence-electron chi connectivity index (χ0n) is 16.2. The highest BCUT2D eigenvalue weighted by molar-refractivity contribution is 5.92. The number of aryl methyl sites for hydroxylation is 1. The van der Waals surface area contributed by atoms with Crippen LogP contribution in [-0.2, 0) is 11.3 Å². The van der Waals surface area contributed by atoms with Crippen molar-refractivity contribution in [3.8, 4) is 0 Å². The first kappa shape index (κ1) is 18.5. The summed E-state index contributed by atoms with van der Waals surface area (Å²) >= 11 is 0. The molecule has 1 aromatic heterocycles. The van der Waals surface area contributed by atoms with E-state index in [1.54, 1.807) is 0 Å². The first-order valence-electron chi connectivity index (χ1n) is 10.2. The maximum absolute atomic E-state index is 11.1. The van der Waals surface area contributed by atoms with E-state index < -0.39 is 0 Å². The molecule has 6 nitrogen and oxygen atoms in total. The third-order valence-electron chi connectivity index (χ3n) is 5.82. The molecule has 1 atom stereocenters. The maximum Gasteiger partial charge on any atom is 0.138 e. The van der Waals surface area contributed by atoms with Gasteiger partial charge in [0.15, 0.2) is 0 Å². The van der Waals surface area contributed by atoms with Crippen molar-refractivity contribution in [3.63, 3.8) is 0 Å². The molecule has 2 aliphatic heterocycles. The van der Waals surface area contributed by atoms with Gasteiger partial charge < -0.3 is 25.7 Å². The van der Waals surface area contributed by atoms with Gasteiger partial charge in [0.25, 0.3) is 0 Å². The highest BCUT2D eigenvalue weighted by Gasteiger charge is 2.19. The molecule has 4 N–H and O–H groups in total. The summed E-state index contributed by atoms with van der Waals surface area (Å²) in [6, 6.07) is 6.71. The van der Waals surface area contributed by atoms with Crippen LogP contribution < -0.4 is 16.0 Å². The number of benzene rings is 1. The molecular weight excluding hydrogens is 338 g/mol. The van der Waals surface area contributed by atoms with Crippen molar-refractivity contribution in [2.75, 3.05) is 44.6 Å². The first-order valence-corrected chi connectivity index (χ1v) is 10.2. The molecule has 2 aromatic rings. The van der Waals surface area contributed by atoms with Gasteiger partial charge in [-0.2, -0.15) is 0 Å². The molecule has 0 radical (unpaired) electrons. The van der Waals surface area contributed by atoms with Crippen LogP contribution in [0.4, 0.5) is 5.69 Å². The van der Waals surface area contributed by atoms with Crippen molar-refractivity contribution < 1.29 is 4.79 Å². The van der Waals surface area contributed by atoms with E-state index in [-0.39, 0.29) is 6.04 Å². The minimum absolute atomic E-state index is 0.0485. The number of fused-ring (bicyclic) bond motifs is 1. The molecule has 1 aromatic carbocycles. The van der Waals surface area contributed by atoms with Gasteiger partial charge in [-0.05, 0) is 62.5 Å². The normalized spacial score (nSPS) is 22.2. The summed E-state index contributed by atoms with van der Waals surface area (Å²) in [4.78, 5) is 17.1. The number of piperidine rings is 1. The number of H-pyrrole nitrogens is 1. The Morgan fingerprint density at radius 3 is 2.89 bits per heavy atom. The van der Waals surface area contributed by atoms with E-state index in [9.17, 15) is 4.79 Å². The van der Waals surface area contributed by atoms with Crippen LogP contribution in [0.1, 0.15) is 24.1 Å². The molecule has 2 saturated heterocycles. The van der Waals surface area contributed by atoms with E-state index in [4.69, 9.17) is 0 Å². The summed E-state index contributed by atoms with van der Waals surface area (Å²) in [6.45, 7) is 8.93. The quantitative estimate of drug-likeness (QED) is 0.585. The van der Waals surface area contributed by atoms with Crippen LogP contribution >= 0.6 is 0 Å². The fourth-order valence-corrected chi connectivity index (χ4v) is 4.33. The van der Waals surface area contributed by atoms with Gasteiger partial charge in [0.2, 0.25) is 0 Å². The summed E-state index contributed by atoms with van der Waals surface area (Å²) in [7, 11) is 0. The molecule has 2 aliphatic rings. The maximum atomic E-state index is 11.1. The van der Waals surface area contributed by atoms with Gasteiger partial charge in [-0.25, -0.2) is 0 Å². The number of rotatable bonds is 6. The van der Waals surface area contributed by atoms with Crippen LogP contribution in [0.25, 0.3) is 10.9 Å². The Kier molecular flexibility index (Phi) is 5.76. The van der Waals surface area contributed by atoms with E-state index in [1.165, 1.54) is 40.7 Å². The van der Waals surface area contributed by atoms with Gasteiger partial charge in [-0.15, -0.1) is 0 Å². The van der Waals surface area contributed by atoms with E-state index in [1.807, 2.05) is 0 Å². The molecule has 6 heteroatoms. The standard InChI is InChI=1S/C21H31N5O/c1-15-8-17-10-18(12-26-7-6-23-19(13-26)14-27)25-21(17)20(9-15)24-11-16-2-4-22-5-3-16/h8-10,14,16,19,22-25H,2-7,11-13H2,1H3. The number of nitrogens with one attached hydrogen (secondary N) is 4. The monoisotopic (exact) mass is 369 g/mol. The van der Waals surface area contributed by atoms with Crippen LogP contribution in [0.5, 0.6) is 0 Å². The Labute approximate surface area is 161 Å². The Bertz CT molecular complexity index is 780. The molecule has 3 heterocycles. The summed E-state index contributed by atoms with van der Waals surface area (Å²) < 4.78 is 0. The summed E-state index contributed by atoms with van der Waals surface area (Å²) in [5, 5.41) is 11.6. The number of carbonyl (C=O) groups excluding carboxylic acids is 1. The van der Waals surface area contributed by atoms with Gasteiger partial charge in [-0.1, -0.05) is 0 Å². The number of aromatic amines is 1. The number of hydrogen-bond donors (Lipinski definition) is 4. The second-order valence-corrected chi connectivity index (χ2v) is 8.08. The third-order valence-corrected chi connectivity index (χ3v) is 5.82. The van der Waals surface area contributed by atoms with E-state index in [2.05, 4.69) is 51.0 Å². The van der Waals surface area contributed by atoms with Crippen LogP contribution in [0.15, 0.2) is 18.2 Å². The average Bonchev–Trinajstić information content (AvgIpc) is 3.09. The highest BCUT2D eigenvalue weighted by Crippen LogP contribution is 2.27. The van der Waals surface area contributed by atoms with E-state index >= 15 is 0 Å². The molecule has 146 valence electrons. The Morgan fingerprint density at radius 2 is 2.07 bits per heavy atom. The van der Waals surface area contributed by atoms with E-state index in [0.717, 1.165) is 58.0 Å². The lowest BCUT2D eigenvalue weighted by molar-refractivity contribution is -0.110. The lowest BCUT2D eigenvalue weighted by Crippen LogP contribution is -2.50. The number of piperazine rings is 1. The number of carbonyl (C=O) groups is 1. The third kappa shape index (κ3) is 4.51. The van der Waals surface area contributed by atoms with Crippen molar-refractivity contribution in [3.05, 3.63) is 29.5 Å². The number of anilines is 1. The largest absolute Gasteiger partial charge is 0.383 e. The number of hydrogen-bond acceptors (Lipinski definition) is 5. The van der Waals surface area contributed by atoms with Gasteiger partial charge in [-0.3, -0.25) is 4.90 Å². The van der Waals surface area contributed by atoms with Gasteiger partial charge >= 0.3 is 0 Å². The van der Waals surface area contributed by atoms with Gasteiger partial charge in [0.1, 0.15) is 6.29 Å². The molecule has 0 spiro atoms. The Balaban J connectivity index is 1.48. The first-order chi connectivity index (χ1) is 13.2. The second kappa shape index (κ2) is 8.42. The van der Waals surface area contributed by atoms with Crippen LogP contribution in [0.3, 0.4) is 0 Å². The predicted octanol–water partition coefficient (Wildman–Crippen LogP) is 1.86. The zero-order chi connectivity index (χ0) is 18.6. The lowest BCUT2D eigenvalue weighted by atomic mass is 9.98. The molecular formula is C21H31N5O. The Hall–Kier alpha value is -1.89. The fraction of sp³-hybridized carbons (Fsp3) is 0.571. The minimum Gasteiger partial charge on any atom is -0.383 e. The second-order valence-electron chi connectivity index (χ2n) is 8.08. The fourth-order valence-electron chi connectivity index (χ4n) is 4.33. The molecule has 0 saturated carbocycles. The van der Waals surface area contributed by atoms with E-state index in [0.29, 0.717) is 0 Å². The SMILES string of the molecule is Cc1cc(NCC2CCNCC2)c2[nH]c(CN3CCNC(C=O)C3)cc2c1. The van der Waals surface area contributed by atoms with Crippen molar-refractivity contribution in [1.82, 2.24) is 20.5 Å². The topological polar surface area (TPSA) is 72.2 Å². The van der Waals surface area contributed by atoms with Gasteiger partial charge in [0, 0.05) is 43.8 Å². The van der Waals surface area contributed by atoms with Crippen LogP contribution in [0.2, 0.25) is 0 Å². The van der Waals surface area contributed by atoms with Crippen molar-refractivity contribution in [2.45, 2.75) is 32.4 Å². The van der Waals surface area contributed by atoms with Crippen molar-refractivity contribution in [2.24, 2.45) is 5.92 Å². The Morgan fingerprint density at radius 1 is 1.22 bits per heavy atom. The van der Waals surface area contributed by atoms with Gasteiger partial charge in [0.05, 0.1) is 17.2 Å². The number of aromatic nitrogens is 1. The molecule has 0 amide bonds. The summed E-state index contributed by atoms with van der Waals surface area (Å²) in [5.74, 6) is 0.748. The number of nitrogens with zero attached hydrogens (tertiary/aromatic N) is 1. The predicted molar refractivity (Wildman–Crippen MR) is 110 cm³/mol. The van der Waals surface area contributed by atoms with Crippen LogP contribution in [0, 0.1) is 12.8 Å².